The third kappa shape index (κ3) is 2.67. The van der Waals surface area contributed by atoms with Crippen LogP contribution in [0.15, 0.2) is 43.0 Å². The Morgan fingerprint density at radius 3 is 2.38 bits per heavy atom. The van der Waals surface area contributed by atoms with Crippen LogP contribution in [0, 0.1) is 0 Å². The van der Waals surface area contributed by atoms with E-state index in [0.717, 1.165) is 5.69 Å². The number of primary sulfonamides is 1. The molecule has 1 aliphatic rings. The number of sulfonamides is 1. The lowest BCUT2D eigenvalue weighted by atomic mass is 10.2. The summed E-state index contributed by atoms with van der Waals surface area (Å²) in [7, 11) is -3.69. The number of nitrogens with two attached hydrogens (primary N) is 1. The second-order valence-corrected chi connectivity index (χ2v) is 6.75. The molecule has 1 unspecified atom stereocenters. The smallest absolute Gasteiger partial charge is 0.228 e. The fourth-order valence-corrected chi connectivity index (χ4v) is 3.09. The minimum atomic E-state index is -3.69. The second-order valence-electron chi connectivity index (χ2n) is 4.91. The molecule has 0 bridgehead atoms. The second kappa shape index (κ2) is 4.97. The highest BCUT2D eigenvalue weighted by Crippen LogP contribution is 2.25. The molecule has 1 atom stereocenters. The van der Waals surface area contributed by atoms with Gasteiger partial charge in [0.1, 0.15) is 5.25 Å². The molecule has 8 heteroatoms. The van der Waals surface area contributed by atoms with Gasteiger partial charge in [-0.05, 0) is 24.3 Å². The van der Waals surface area contributed by atoms with E-state index in [1.807, 2.05) is 22.9 Å². The Hall–Kier alpha value is -2.19. The number of hydrogen-bond donors (Lipinski definition) is 1. The zero-order valence-corrected chi connectivity index (χ0v) is 11.9. The maximum absolute atomic E-state index is 11.9. The van der Waals surface area contributed by atoms with Crippen LogP contribution in [0.25, 0.3) is 5.69 Å². The zero-order chi connectivity index (χ0) is 15.0. The molecule has 0 aliphatic carbocycles. The number of carbonyl (C=O) groups excluding carboxylic acids is 1. The number of imidazole rings is 1. The molecule has 7 nitrogen and oxygen atoms in total. The van der Waals surface area contributed by atoms with Crippen LogP contribution in [0.3, 0.4) is 0 Å². The molecule has 1 aromatic carbocycles. The highest BCUT2D eigenvalue weighted by Gasteiger charge is 2.37. The van der Waals surface area contributed by atoms with Gasteiger partial charge in [0, 0.05) is 36.7 Å². The monoisotopic (exact) mass is 306 g/mol. The van der Waals surface area contributed by atoms with Gasteiger partial charge in [-0.15, -0.1) is 0 Å². The van der Waals surface area contributed by atoms with Gasteiger partial charge >= 0.3 is 0 Å². The SMILES string of the molecule is NS(=O)(=O)C1CC(=O)N(c2ccc(-n3ccnc3)cc2)C1. The maximum Gasteiger partial charge on any atom is 0.228 e. The Morgan fingerprint density at radius 2 is 1.86 bits per heavy atom. The van der Waals surface area contributed by atoms with Gasteiger partial charge in [-0.3, -0.25) is 4.79 Å². The summed E-state index contributed by atoms with van der Waals surface area (Å²) in [5.41, 5.74) is 1.57. The number of anilines is 1. The molecule has 1 saturated heterocycles. The molecule has 1 amide bonds. The van der Waals surface area contributed by atoms with E-state index >= 15 is 0 Å². The van der Waals surface area contributed by atoms with E-state index in [1.54, 1.807) is 24.7 Å². The van der Waals surface area contributed by atoms with Crippen molar-refractivity contribution in [1.29, 1.82) is 0 Å². The van der Waals surface area contributed by atoms with Crippen molar-refractivity contribution < 1.29 is 13.2 Å². The lowest BCUT2D eigenvalue weighted by Gasteiger charge is -2.16. The molecule has 0 spiro atoms. The highest BCUT2D eigenvalue weighted by molar-refractivity contribution is 7.89. The van der Waals surface area contributed by atoms with Gasteiger partial charge in [-0.25, -0.2) is 18.5 Å². The summed E-state index contributed by atoms with van der Waals surface area (Å²) in [5.74, 6) is -0.232. The van der Waals surface area contributed by atoms with E-state index in [4.69, 9.17) is 5.14 Å². The van der Waals surface area contributed by atoms with Crippen LogP contribution in [0.5, 0.6) is 0 Å². The summed E-state index contributed by atoms with van der Waals surface area (Å²) in [5, 5.41) is 4.28. The summed E-state index contributed by atoms with van der Waals surface area (Å²) in [6.45, 7) is 0.0993. The zero-order valence-electron chi connectivity index (χ0n) is 11.1. The van der Waals surface area contributed by atoms with E-state index in [0.29, 0.717) is 5.69 Å². The first-order valence-corrected chi connectivity index (χ1v) is 7.96. The largest absolute Gasteiger partial charge is 0.311 e. The summed E-state index contributed by atoms with van der Waals surface area (Å²) >= 11 is 0. The van der Waals surface area contributed by atoms with E-state index < -0.39 is 15.3 Å². The first kappa shape index (κ1) is 13.8. The van der Waals surface area contributed by atoms with Crippen molar-refractivity contribution in [3.05, 3.63) is 43.0 Å². The predicted octanol–water partition coefficient (Wildman–Crippen LogP) is 0.266. The average molecular weight is 306 g/mol. The minimum Gasteiger partial charge on any atom is -0.311 e. The van der Waals surface area contributed by atoms with Crippen LogP contribution in [-0.4, -0.2) is 35.7 Å². The number of amides is 1. The third-order valence-electron chi connectivity index (χ3n) is 3.52. The fourth-order valence-electron chi connectivity index (χ4n) is 2.36. The molecular formula is C13H14N4O3S. The van der Waals surface area contributed by atoms with Gasteiger partial charge in [0.05, 0.1) is 6.33 Å². The molecule has 0 saturated carbocycles. The lowest BCUT2D eigenvalue weighted by molar-refractivity contribution is -0.117. The summed E-state index contributed by atoms with van der Waals surface area (Å²) in [4.78, 5) is 17.4. The summed E-state index contributed by atoms with van der Waals surface area (Å²) in [6.07, 6.45) is 5.09. The van der Waals surface area contributed by atoms with E-state index in [1.165, 1.54) is 4.90 Å². The molecule has 2 N–H and O–H groups in total. The average Bonchev–Trinajstić information content (AvgIpc) is 3.07. The summed E-state index contributed by atoms with van der Waals surface area (Å²) in [6, 6.07) is 7.24. The van der Waals surface area contributed by atoms with Gasteiger partial charge in [0.25, 0.3) is 0 Å². The predicted molar refractivity (Wildman–Crippen MR) is 77.4 cm³/mol. The van der Waals surface area contributed by atoms with Crippen LogP contribution >= 0.6 is 0 Å². The van der Waals surface area contributed by atoms with Crippen LogP contribution in [0.2, 0.25) is 0 Å². The van der Waals surface area contributed by atoms with E-state index in [-0.39, 0.29) is 18.9 Å². The Morgan fingerprint density at radius 1 is 1.19 bits per heavy atom. The Labute approximate surface area is 122 Å². The van der Waals surface area contributed by atoms with E-state index in [2.05, 4.69) is 4.98 Å². The van der Waals surface area contributed by atoms with Crippen LogP contribution < -0.4 is 10.0 Å². The van der Waals surface area contributed by atoms with Crippen molar-refractivity contribution in [2.45, 2.75) is 11.7 Å². The van der Waals surface area contributed by atoms with Crippen LogP contribution in [-0.2, 0) is 14.8 Å². The van der Waals surface area contributed by atoms with Gasteiger partial charge in [0.15, 0.2) is 0 Å². The quantitative estimate of drug-likeness (QED) is 0.879. The topological polar surface area (TPSA) is 98.3 Å². The van der Waals surface area contributed by atoms with Crippen LogP contribution in [0.1, 0.15) is 6.42 Å². The van der Waals surface area contributed by atoms with Gasteiger partial charge in [-0.1, -0.05) is 0 Å². The van der Waals surface area contributed by atoms with Crippen molar-refractivity contribution in [2.24, 2.45) is 5.14 Å². The van der Waals surface area contributed by atoms with Gasteiger partial charge in [-0.2, -0.15) is 0 Å². The third-order valence-corrected chi connectivity index (χ3v) is 4.76. The molecule has 2 aromatic rings. The number of rotatable bonds is 3. The molecule has 21 heavy (non-hydrogen) atoms. The van der Waals surface area contributed by atoms with Crippen molar-refractivity contribution in [2.75, 3.05) is 11.4 Å². The molecule has 110 valence electrons. The maximum atomic E-state index is 11.9. The highest BCUT2D eigenvalue weighted by atomic mass is 32.2. The summed E-state index contributed by atoms with van der Waals surface area (Å²) < 4.78 is 24.5. The number of carbonyl (C=O) groups is 1. The Balaban J connectivity index is 1.83. The number of hydrogen-bond acceptors (Lipinski definition) is 4. The first-order valence-electron chi connectivity index (χ1n) is 6.35. The number of benzene rings is 1. The lowest BCUT2D eigenvalue weighted by Crippen LogP contribution is -2.32. The first-order chi connectivity index (χ1) is 9.95. The molecule has 1 aromatic heterocycles. The molecular weight excluding hydrogens is 292 g/mol. The number of aromatic nitrogens is 2. The Bertz CT molecular complexity index is 753. The fraction of sp³-hybridized carbons (Fsp3) is 0.231. The molecule has 2 heterocycles. The van der Waals surface area contributed by atoms with Crippen LogP contribution in [0.4, 0.5) is 5.69 Å². The molecule has 1 aliphatic heterocycles. The standard InChI is InChI=1S/C13H14N4O3S/c14-21(19,20)12-7-13(18)17(8-12)11-3-1-10(2-4-11)16-6-5-15-9-16/h1-6,9,12H,7-8H2,(H2,14,19,20). The van der Waals surface area contributed by atoms with Crippen molar-refractivity contribution in [3.8, 4) is 5.69 Å². The van der Waals surface area contributed by atoms with Crippen molar-refractivity contribution >= 4 is 21.6 Å². The van der Waals surface area contributed by atoms with Gasteiger partial charge < -0.3 is 9.47 Å². The molecule has 0 radical (unpaired) electrons. The van der Waals surface area contributed by atoms with Gasteiger partial charge in [0.2, 0.25) is 15.9 Å². The minimum absolute atomic E-state index is 0.0674. The Kier molecular flexibility index (Phi) is 3.26. The molecule has 3 rings (SSSR count). The molecule has 1 fully saturated rings. The number of nitrogens with zero attached hydrogens (tertiary/aromatic N) is 3. The van der Waals surface area contributed by atoms with Crippen molar-refractivity contribution in [1.82, 2.24) is 9.55 Å². The normalized spacial score (nSPS) is 19.2. The van der Waals surface area contributed by atoms with E-state index in [9.17, 15) is 13.2 Å². The van der Waals surface area contributed by atoms with Crippen molar-refractivity contribution in [3.63, 3.8) is 0 Å².